The van der Waals surface area contributed by atoms with E-state index in [9.17, 15) is 9.18 Å². The van der Waals surface area contributed by atoms with Crippen LogP contribution in [-0.4, -0.2) is 34.4 Å². The predicted octanol–water partition coefficient (Wildman–Crippen LogP) is 3.12. The van der Waals surface area contributed by atoms with Gasteiger partial charge in [-0.25, -0.2) is 14.4 Å². The summed E-state index contributed by atoms with van der Waals surface area (Å²) < 4.78 is 13.5. The summed E-state index contributed by atoms with van der Waals surface area (Å²) in [5.41, 5.74) is 0.598. The highest BCUT2D eigenvalue weighted by molar-refractivity contribution is 5.95. The van der Waals surface area contributed by atoms with Crippen molar-refractivity contribution < 1.29 is 9.18 Å². The molecule has 0 bridgehead atoms. The smallest absolute Gasteiger partial charge is 0.254 e. The molecule has 6 heteroatoms. The van der Waals surface area contributed by atoms with Gasteiger partial charge in [-0.3, -0.25) is 4.79 Å². The van der Waals surface area contributed by atoms with Crippen molar-refractivity contribution >= 4 is 11.7 Å². The molecule has 1 saturated heterocycles. The van der Waals surface area contributed by atoms with Gasteiger partial charge in [-0.2, -0.15) is 0 Å². The van der Waals surface area contributed by atoms with E-state index < -0.39 is 11.4 Å². The molecule has 1 aromatic carbocycles. The lowest BCUT2D eigenvalue weighted by molar-refractivity contribution is 0.0603. The predicted molar refractivity (Wildman–Crippen MR) is 90.3 cm³/mol. The molecule has 1 fully saturated rings. The highest BCUT2D eigenvalue weighted by atomic mass is 19.1. The number of hydrogen-bond donors (Lipinski definition) is 1. The van der Waals surface area contributed by atoms with Gasteiger partial charge in [0.05, 0.1) is 0 Å². The highest BCUT2D eigenvalue weighted by Crippen LogP contribution is 2.38. The largest absolute Gasteiger partial charge is 0.373 e. The Labute approximate surface area is 140 Å². The van der Waals surface area contributed by atoms with E-state index in [0.717, 1.165) is 24.4 Å². The van der Waals surface area contributed by atoms with Crippen LogP contribution in [0.2, 0.25) is 0 Å². The Morgan fingerprint density at radius 2 is 2.12 bits per heavy atom. The maximum absolute atomic E-state index is 13.5. The van der Waals surface area contributed by atoms with E-state index in [1.54, 1.807) is 24.1 Å². The molecular formula is C18H21FN4O. The van der Waals surface area contributed by atoms with E-state index in [0.29, 0.717) is 17.9 Å². The molecule has 1 unspecified atom stereocenters. The van der Waals surface area contributed by atoms with Crippen LogP contribution in [0.1, 0.15) is 41.6 Å². The number of rotatable bonds is 3. The Bertz CT molecular complexity index is 779. The lowest BCUT2D eigenvalue weighted by atomic mass is 9.96. The summed E-state index contributed by atoms with van der Waals surface area (Å²) in [5.74, 6) is 0.745. The number of hydrogen-bond acceptors (Lipinski definition) is 4. The van der Waals surface area contributed by atoms with Gasteiger partial charge in [0.25, 0.3) is 5.91 Å². The molecule has 24 heavy (non-hydrogen) atoms. The molecule has 126 valence electrons. The number of amides is 1. The average Bonchev–Trinajstić information content (AvgIpc) is 2.96. The van der Waals surface area contributed by atoms with Gasteiger partial charge in [0.1, 0.15) is 17.2 Å². The third kappa shape index (κ3) is 2.84. The molecular weight excluding hydrogens is 307 g/mol. The van der Waals surface area contributed by atoms with Crippen LogP contribution in [0.25, 0.3) is 0 Å². The summed E-state index contributed by atoms with van der Waals surface area (Å²) in [7, 11) is 1.80. The van der Waals surface area contributed by atoms with Crippen LogP contribution in [0.15, 0.2) is 30.3 Å². The first kappa shape index (κ1) is 16.4. The van der Waals surface area contributed by atoms with Crippen molar-refractivity contribution in [3.05, 3.63) is 53.2 Å². The number of aromatic nitrogens is 2. The molecule has 0 radical (unpaired) electrons. The zero-order valence-corrected chi connectivity index (χ0v) is 14.1. The van der Waals surface area contributed by atoms with Gasteiger partial charge >= 0.3 is 0 Å². The van der Waals surface area contributed by atoms with E-state index in [1.165, 1.54) is 12.1 Å². The molecule has 1 aliphatic rings. The van der Waals surface area contributed by atoms with Crippen LogP contribution in [-0.2, 0) is 5.54 Å². The number of aryl methyl sites for hydroxylation is 1. The van der Waals surface area contributed by atoms with E-state index in [-0.39, 0.29) is 5.91 Å². The summed E-state index contributed by atoms with van der Waals surface area (Å²) in [5, 5.41) is 3.03. The third-order valence-electron chi connectivity index (χ3n) is 4.55. The second-order valence-corrected chi connectivity index (χ2v) is 6.31. The summed E-state index contributed by atoms with van der Waals surface area (Å²) in [6, 6.07) is 7.67. The van der Waals surface area contributed by atoms with Crippen molar-refractivity contribution in [2.24, 2.45) is 0 Å². The monoisotopic (exact) mass is 328 g/mol. The Balaban J connectivity index is 2.00. The second kappa shape index (κ2) is 6.19. The second-order valence-electron chi connectivity index (χ2n) is 6.31. The van der Waals surface area contributed by atoms with Gasteiger partial charge in [-0.1, -0.05) is 6.07 Å². The van der Waals surface area contributed by atoms with Gasteiger partial charge in [-0.05, 0) is 44.9 Å². The maximum atomic E-state index is 13.5. The minimum absolute atomic E-state index is 0.189. The molecule has 2 aromatic rings. The lowest BCUT2D eigenvalue weighted by Crippen LogP contribution is -2.44. The normalized spacial score (nSPS) is 20.2. The number of nitrogens with zero attached hydrogens (tertiary/aromatic N) is 3. The Morgan fingerprint density at radius 1 is 1.33 bits per heavy atom. The van der Waals surface area contributed by atoms with Crippen LogP contribution >= 0.6 is 0 Å². The van der Waals surface area contributed by atoms with Crippen LogP contribution in [0.4, 0.5) is 10.2 Å². The first-order valence-electron chi connectivity index (χ1n) is 8.05. The first-order chi connectivity index (χ1) is 11.4. The number of halogens is 1. The standard InChI is InChI=1S/C18H21FN4O/c1-12-10-15(20-3)22-17(21-12)18(2)8-5-9-23(18)16(24)13-6-4-7-14(19)11-13/h4,6-7,10-11H,5,8-9H2,1-3H3,(H,20,21,22). The van der Waals surface area contributed by atoms with Crippen molar-refractivity contribution in [2.75, 3.05) is 18.9 Å². The zero-order chi connectivity index (χ0) is 17.3. The Morgan fingerprint density at radius 3 is 2.83 bits per heavy atom. The molecule has 0 saturated carbocycles. The van der Waals surface area contributed by atoms with Crippen LogP contribution in [0.5, 0.6) is 0 Å². The number of carbonyl (C=O) groups is 1. The number of anilines is 1. The van der Waals surface area contributed by atoms with Crippen molar-refractivity contribution in [3.63, 3.8) is 0 Å². The molecule has 1 aliphatic heterocycles. The van der Waals surface area contributed by atoms with Gasteiger partial charge in [0.2, 0.25) is 0 Å². The molecule has 3 rings (SSSR count). The molecule has 0 aliphatic carbocycles. The minimum atomic E-state index is -0.596. The van der Waals surface area contributed by atoms with Crippen molar-refractivity contribution in [1.29, 1.82) is 0 Å². The SMILES string of the molecule is CNc1cc(C)nc(C2(C)CCCN2C(=O)c2cccc(F)c2)n1. The van der Waals surface area contributed by atoms with Gasteiger partial charge in [0, 0.05) is 30.9 Å². The molecule has 1 amide bonds. The summed E-state index contributed by atoms with van der Waals surface area (Å²) >= 11 is 0. The molecule has 0 spiro atoms. The van der Waals surface area contributed by atoms with Crippen LogP contribution in [0, 0.1) is 12.7 Å². The number of likely N-dealkylation sites (tertiary alicyclic amines) is 1. The van der Waals surface area contributed by atoms with Crippen molar-refractivity contribution in [3.8, 4) is 0 Å². The number of nitrogens with one attached hydrogen (secondary N) is 1. The van der Waals surface area contributed by atoms with E-state index >= 15 is 0 Å². The summed E-state index contributed by atoms with van der Waals surface area (Å²) in [6.07, 6.45) is 1.64. The summed E-state index contributed by atoms with van der Waals surface area (Å²) in [6.45, 7) is 4.49. The first-order valence-corrected chi connectivity index (χ1v) is 8.05. The maximum Gasteiger partial charge on any atom is 0.254 e. The molecule has 5 nitrogen and oxygen atoms in total. The molecule has 2 heterocycles. The molecule has 1 atom stereocenters. The number of carbonyl (C=O) groups excluding carboxylic acids is 1. The Kier molecular flexibility index (Phi) is 4.22. The summed E-state index contributed by atoms with van der Waals surface area (Å²) in [4.78, 5) is 23.8. The molecule has 1 N–H and O–H groups in total. The van der Waals surface area contributed by atoms with Crippen LogP contribution in [0.3, 0.4) is 0 Å². The van der Waals surface area contributed by atoms with Gasteiger partial charge in [-0.15, -0.1) is 0 Å². The fraction of sp³-hybridized carbons (Fsp3) is 0.389. The fourth-order valence-electron chi connectivity index (χ4n) is 3.24. The average molecular weight is 328 g/mol. The molecule has 1 aromatic heterocycles. The van der Waals surface area contributed by atoms with Crippen molar-refractivity contribution in [2.45, 2.75) is 32.2 Å². The van der Waals surface area contributed by atoms with E-state index in [2.05, 4.69) is 15.3 Å². The van der Waals surface area contributed by atoms with Gasteiger partial charge in [0.15, 0.2) is 5.82 Å². The zero-order valence-electron chi connectivity index (χ0n) is 14.1. The van der Waals surface area contributed by atoms with Gasteiger partial charge < -0.3 is 10.2 Å². The van der Waals surface area contributed by atoms with E-state index in [1.807, 2.05) is 19.9 Å². The highest BCUT2D eigenvalue weighted by Gasteiger charge is 2.43. The number of benzene rings is 1. The van der Waals surface area contributed by atoms with Crippen molar-refractivity contribution in [1.82, 2.24) is 14.9 Å². The Hall–Kier alpha value is -2.50. The topological polar surface area (TPSA) is 58.1 Å². The lowest BCUT2D eigenvalue weighted by Gasteiger charge is -2.34. The fourth-order valence-corrected chi connectivity index (χ4v) is 3.24. The minimum Gasteiger partial charge on any atom is -0.373 e. The quantitative estimate of drug-likeness (QED) is 0.940. The third-order valence-corrected chi connectivity index (χ3v) is 4.55. The van der Waals surface area contributed by atoms with E-state index in [4.69, 9.17) is 0 Å². The van der Waals surface area contributed by atoms with Crippen LogP contribution < -0.4 is 5.32 Å².